The molecule has 0 aromatic heterocycles. The fourth-order valence-corrected chi connectivity index (χ4v) is 1.31. The second-order valence-corrected chi connectivity index (χ2v) is 3.50. The molecule has 0 aliphatic heterocycles. The molecule has 0 spiro atoms. The summed E-state index contributed by atoms with van der Waals surface area (Å²) in [4.78, 5) is 10.4. The lowest BCUT2D eigenvalue weighted by atomic mass is 10.1. The number of benzene rings is 1. The quantitative estimate of drug-likeness (QED) is 0.555. The van der Waals surface area contributed by atoms with Gasteiger partial charge in [-0.25, -0.2) is 0 Å². The zero-order valence-electron chi connectivity index (χ0n) is 8.86. The van der Waals surface area contributed by atoms with Crippen molar-refractivity contribution < 1.29 is 4.92 Å². The number of nitro groups is 1. The molecular formula is C12H13NO2. The van der Waals surface area contributed by atoms with Crippen LogP contribution in [0.15, 0.2) is 30.4 Å². The lowest BCUT2D eigenvalue weighted by molar-refractivity contribution is -0.385. The molecule has 0 bridgehead atoms. The minimum atomic E-state index is -0.390. The van der Waals surface area contributed by atoms with Crippen molar-refractivity contribution >= 4 is 17.8 Å². The van der Waals surface area contributed by atoms with Crippen molar-refractivity contribution in [3.8, 4) is 0 Å². The van der Waals surface area contributed by atoms with Gasteiger partial charge in [0.05, 0.1) is 10.5 Å². The molecule has 3 heteroatoms. The third kappa shape index (κ3) is 2.77. The Hall–Kier alpha value is -1.90. The van der Waals surface area contributed by atoms with Crippen LogP contribution in [0.4, 0.5) is 5.69 Å². The molecular weight excluding hydrogens is 190 g/mol. The van der Waals surface area contributed by atoms with E-state index in [9.17, 15) is 10.1 Å². The summed E-state index contributed by atoms with van der Waals surface area (Å²) in [6.07, 6.45) is 3.39. The summed E-state index contributed by atoms with van der Waals surface area (Å²) in [7, 11) is 0. The number of nitrogens with zero attached hydrogens (tertiary/aromatic N) is 1. The van der Waals surface area contributed by atoms with E-state index in [0.717, 1.165) is 11.1 Å². The predicted molar refractivity (Wildman–Crippen MR) is 62.5 cm³/mol. The minimum absolute atomic E-state index is 0.0972. The Morgan fingerprint density at radius 2 is 2.13 bits per heavy atom. The molecule has 3 nitrogen and oxygen atoms in total. The lowest BCUT2D eigenvalue weighted by Crippen LogP contribution is -1.92. The third-order valence-corrected chi connectivity index (χ3v) is 1.93. The van der Waals surface area contributed by atoms with E-state index in [1.165, 1.54) is 6.08 Å². The van der Waals surface area contributed by atoms with Crippen LogP contribution in [0.1, 0.15) is 25.0 Å². The summed E-state index contributed by atoms with van der Waals surface area (Å²) in [5.74, 6) is 0. The van der Waals surface area contributed by atoms with Crippen LogP contribution in [0.25, 0.3) is 12.2 Å². The van der Waals surface area contributed by atoms with Gasteiger partial charge in [0.2, 0.25) is 0 Å². The molecule has 0 unspecified atom stereocenters. The first-order valence-electron chi connectivity index (χ1n) is 4.60. The summed E-state index contributed by atoms with van der Waals surface area (Å²) in [6, 6.07) is 5.11. The topological polar surface area (TPSA) is 43.1 Å². The molecule has 0 saturated carbocycles. The molecule has 0 atom stereocenters. The molecule has 0 fully saturated rings. The van der Waals surface area contributed by atoms with E-state index in [2.05, 4.69) is 6.58 Å². The van der Waals surface area contributed by atoms with Crippen LogP contribution in [-0.4, -0.2) is 4.92 Å². The zero-order valence-corrected chi connectivity index (χ0v) is 8.86. The molecule has 0 heterocycles. The smallest absolute Gasteiger partial charge is 0.258 e. The van der Waals surface area contributed by atoms with Gasteiger partial charge in [-0.15, -0.1) is 0 Å². The second kappa shape index (κ2) is 4.55. The maximum atomic E-state index is 10.8. The van der Waals surface area contributed by atoms with Crippen molar-refractivity contribution in [2.45, 2.75) is 13.8 Å². The molecule has 0 aliphatic carbocycles. The van der Waals surface area contributed by atoms with Crippen LogP contribution < -0.4 is 0 Å². The Morgan fingerprint density at radius 3 is 2.60 bits per heavy atom. The Kier molecular flexibility index (Phi) is 3.39. The fourth-order valence-electron chi connectivity index (χ4n) is 1.31. The predicted octanol–water partition coefficient (Wildman–Crippen LogP) is 3.66. The number of nitro benzene ring substituents is 1. The molecule has 0 N–H and O–H groups in total. The van der Waals surface area contributed by atoms with E-state index >= 15 is 0 Å². The molecule has 0 saturated heterocycles. The molecule has 1 aromatic carbocycles. The van der Waals surface area contributed by atoms with Gasteiger partial charge in [-0.05, 0) is 25.5 Å². The molecule has 0 radical (unpaired) electrons. The largest absolute Gasteiger partial charge is 0.277 e. The van der Waals surface area contributed by atoms with Crippen molar-refractivity contribution in [2.24, 2.45) is 0 Å². The summed E-state index contributed by atoms with van der Waals surface area (Å²) in [5.41, 5.74) is 2.59. The van der Waals surface area contributed by atoms with Crippen LogP contribution in [0.2, 0.25) is 0 Å². The Balaban J connectivity index is 3.28. The summed E-state index contributed by atoms with van der Waals surface area (Å²) < 4.78 is 0. The van der Waals surface area contributed by atoms with Crippen molar-refractivity contribution in [1.29, 1.82) is 0 Å². The number of rotatable bonds is 3. The van der Waals surface area contributed by atoms with Gasteiger partial charge >= 0.3 is 0 Å². The van der Waals surface area contributed by atoms with Gasteiger partial charge < -0.3 is 0 Å². The van der Waals surface area contributed by atoms with Crippen LogP contribution >= 0.6 is 0 Å². The standard InChI is InChI=1S/C12H13NO2/c1-4-11-6-5-10(7-9(2)3)8-12(11)13(14)15/h4-8H,1H2,2-3H3. The van der Waals surface area contributed by atoms with E-state index in [4.69, 9.17) is 0 Å². The van der Waals surface area contributed by atoms with Gasteiger partial charge in [-0.2, -0.15) is 0 Å². The Labute approximate surface area is 88.9 Å². The first kappa shape index (κ1) is 11.2. The van der Waals surface area contributed by atoms with Crippen molar-refractivity contribution in [2.75, 3.05) is 0 Å². The maximum absolute atomic E-state index is 10.8. The second-order valence-electron chi connectivity index (χ2n) is 3.50. The average molecular weight is 203 g/mol. The molecule has 78 valence electrons. The maximum Gasteiger partial charge on any atom is 0.277 e. The normalized spacial score (nSPS) is 9.47. The van der Waals surface area contributed by atoms with E-state index < -0.39 is 0 Å². The number of allylic oxidation sites excluding steroid dienone is 1. The van der Waals surface area contributed by atoms with Crippen molar-refractivity contribution in [3.63, 3.8) is 0 Å². The first-order chi connectivity index (χ1) is 7.04. The monoisotopic (exact) mass is 203 g/mol. The van der Waals surface area contributed by atoms with E-state index in [-0.39, 0.29) is 10.6 Å². The van der Waals surface area contributed by atoms with Gasteiger partial charge in [0, 0.05) is 6.07 Å². The van der Waals surface area contributed by atoms with Crippen LogP contribution in [-0.2, 0) is 0 Å². The van der Waals surface area contributed by atoms with Gasteiger partial charge in [0.15, 0.2) is 0 Å². The van der Waals surface area contributed by atoms with Gasteiger partial charge in [0.25, 0.3) is 5.69 Å². The lowest BCUT2D eigenvalue weighted by Gasteiger charge is -1.99. The van der Waals surface area contributed by atoms with E-state index in [1.807, 2.05) is 26.0 Å². The summed E-state index contributed by atoms with van der Waals surface area (Å²) >= 11 is 0. The van der Waals surface area contributed by atoms with Crippen LogP contribution in [0.5, 0.6) is 0 Å². The highest BCUT2D eigenvalue weighted by Crippen LogP contribution is 2.22. The van der Waals surface area contributed by atoms with Crippen LogP contribution in [0.3, 0.4) is 0 Å². The summed E-state index contributed by atoms with van der Waals surface area (Å²) in [5, 5.41) is 10.8. The highest BCUT2D eigenvalue weighted by atomic mass is 16.6. The van der Waals surface area contributed by atoms with Crippen LogP contribution in [0, 0.1) is 10.1 Å². The molecule has 1 aromatic rings. The third-order valence-electron chi connectivity index (χ3n) is 1.93. The molecule has 1 rings (SSSR count). The molecule has 0 amide bonds. The fraction of sp³-hybridized carbons (Fsp3) is 0.167. The van der Waals surface area contributed by atoms with Crippen molar-refractivity contribution in [1.82, 2.24) is 0 Å². The average Bonchev–Trinajstić information content (AvgIpc) is 2.16. The highest BCUT2D eigenvalue weighted by Gasteiger charge is 2.10. The Bertz CT molecular complexity index is 429. The SMILES string of the molecule is C=Cc1ccc(C=C(C)C)cc1[N+](=O)[O-]. The Morgan fingerprint density at radius 1 is 1.47 bits per heavy atom. The first-order valence-corrected chi connectivity index (χ1v) is 4.60. The number of hydrogen-bond donors (Lipinski definition) is 0. The molecule has 15 heavy (non-hydrogen) atoms. The summed E-state index contributed by atoms with van der Waals surface area (Å²) in [6.45, 7) is 7.45. The number of hydrogen-bond acceptors (Lipinski definition) is 2. The van der Waals surface area contributed by atoms with Gasteiger partial charge in [-0.3, -0.25) is 10.1 Å². The molecule has 0 aliphatic rings. The zero-order chi connectivity index (χ0) is 11.4. The van der Waals surface area contributed by atoms with E-state index in [1.54, 1.807) is 12.1 Å². The van der Waals surface area contributed by atoms with E-state index in [0.29, 0.717) is 5.56 Å². The minimum Gasteiger partial charge on any atom is -0.258 e. The van der Waals surface area contributed by atoms with Gasteiger partial charge in [0.1, 0.15) is 0 Å². The van der Waals surface area contributed by atoms with Gasteiger partial charge in [-0.1, -0.05) is 30.4 Å². The van der Waals surface area contributed by atoms with Crippen molar-refractivity contribution in [3.05, 3.63) is 51.6 Å². The highest BCUT2D eigenvalue weighted by molar-refractivity contribution is 5.65.